The predicted octanol–water partition coefficient (Wildman–Crippen LogP) is 4.41. The van der Waals surface area contributed by atoms with E-state index in [9.17, 15) is 14.7 Å². The molecule has 3 aliphatic rings. The Morgan fingerprint density at radius 3 is 2.60 bits per heavy atom. The highest BCUT2D eigenvalue weighted by atomic mass is 16.3. The number of aromatic nitrogens is 4. The monoisotopic (exact) mass is 480 g/mol. The summed E-state index contributed by atoms with van der Waals surface area (Å²) in [6, 6.07) is 9.19. The number of nitrogens with zero attached hydrogens (tertiary/aromatic N) is 4. The van der Waals surface area contributed by atoms with E-state index in [1.54, 1.807) is 12.1 Å². The highest BCUT2D eigenvalue weighted by Gasteiger charge is 2.46. The maximum absolute atomic E-state index is 13.3. The van der Waals surface area contributed by atoms with Crippen molar-refractivity contribution in [3.05, 3.63) is 40.8 Å². The molecule has 190 valence electrons. The van der Waals surface area contributed by atoms with Crippen molar-refractivity contribution in [2.45, 2.75) is 90.2 Å². The van der Waals surface area contributed by atoms with Crippen LogP contribution in [0.5, 0.6) is 0 Å². The van der Waals surface area contributed by atoms with Crippen LogP contribution in [0.25, 0.3) is 5.69 Å². The molecule has 1 aromatic carbocycles. The van der Waals surface area contributed by atoms with Gasteiger partial charge in [0.15, 0.2) is 5.78 Å². The molecule has 1 aromatic heterocycles. The lowest BCUT2D eigenvalue weighted by atomic mass is 9.56. The quantitative estimate of drug-likeness (QED) is 0.700. The summed E-state index contributed by atoms with van der Waals surface area (Å²) in [4.78, 5) is 26.1. The lowest BCUT2D eigenvalue weighted by Crippen LogP contribution is -2.45. The van der Waals surface area contributed by atoms with Gasteiger partial charge in [0.1, 0.15) is 6.54 Å². The number of carbonyl (C=O) groups excluding carboxylic acids is 1. The van der Waals surface area contributed by atoms with Crippen molar-refractivity contribution in [1.29, 1.82) is 0 Å². The number of carbonyl (C=O) groups is 1. The molecule has 2 aromatic rings. The molecule has 0 amide bonds. The van der Waals surface area contributed by atoms with Crippen LogP contribution in [0.3, 0.4) is 0 Å². The van der Waals surface area contributed by atoms with Crippen molar-refractivity contribution >= 4 is 5.78 Å². The van der Waals surface area contributed by atoms with Crippen LogP contribution in [0.15, 0.2) is 35.1 Å². The average Bonchev–Trinajstić information content (AvgIpc) is 3.23. The number of hydrogen-bond donors (Lipinski definition) is 1. The number of tetrazole rings is 1. The Bertz CT molecular complexity index is 1080. The molecule has 0 aliphatic heterocycles. The summed E-state index contributed by atoms with van der Waals surface area (Å²) in [5.74, 6) is 3.55. The van der Waals surface area contributed by atoms with E-state index in [0.29, 0.717) is 17.5 Å². The molecule has 1 N–H and O–H groups in total. The van der Waals surface area contributed by atoms with Crippen molar-refractivity contribution in [3.63, 3.8) is 0 Å². The van der Waals surface area contributed by atoms with Gasteiger partial charge in [-0.05, 0) is 117 Å². The van der Waals surface area contributed by atoms with Crippen LogP contribution >= 0.6 is 0 Å². The second-order valence-electron chi connectivity index (χ2n) is 11.9. The molecule has 3 aliphatic carbocycles. The van der Waals surface area contributed by atoms with Crippen molar-refractivity contribution in [2.24, 2.45) is 35.5 Å². The summed E-state index contributed by atoms with van der Waals surface area (Å²) in [5, 5.41) is 18.6. The fraction of sp³-hybridized carbons (Fsp3) is 0.714. The summed E-state index contributed by atoms with van der Waals surface area (Å²) in [6.45, 7) is 4.40. The van der Waals surface area contributed by atoms with E-state index in [-0.39, 0.29) is 23.9 Å². The number of ketones is 1. The Hall–Kier alpha value is -2.28. The minimum absolute atomic E-state index is 0.00263. The van der Waals surface area contributed by atoms with Gasteiger partial charge in [-0.15, -0.1) is 0 Å². The number of benzene rings is 1. The molecule has 0 spiro atoms. The zero-order valence-electron chi connectivity index (χ0n) is 21.2. The Labute approximate surface area is 207 Å². The zero-order chi connectivity index (χ0) is 24.6. The number of rotatable bonds is 4. The van der Waals surface area contributed by atoms with Gasteiger partial charge in [0.2, 0.25) is 0 Å². The van der Waals surface area contributed by atoms with Crippen LogP contribution in [0.4, 0.5) is 0 Å². The van der Waals surface area contributed by atoms with Gasteiger partial charge in [-0.1, -0.05) is 31.5 Å². The molecule has 35 heavy (non-hydrogen) atoms. The molecule has 3 fully saturated rings. The van der Waals surface area contributed by atoms with Crippen molar-refractivity contribution in [2.75, 3.05) is 0 Å². The van der Waals surface area contributed by atoms with E-state index in [0.717, 1.165) is 62.7 Å². The summed E-state index contributed by atoms with van der Waals surface area (Å²) in [7, 11) is 0. The van der Waals surface area contributed by atoms with Crippen LogP contribution < -0.4 is 5.69 Å². The van der Waals surface area contributed by atoms with Gasteiger partial charge >= 0.3 is 5.69 Å². The first kappa shape index (κ1) is 24.4. The summed E-state index contributed by atoms with van der Waals surface area (Å²) >= 11 is 0. The first-order chi connectivity index (χ1) is 16.8. The van der Waals surface area contributed by atoms with E-state index < -0.39 is 5.60 Å². The summed E-state index contributed by atoms with van der Waals surface area (Å²) in [6.07, 6.45) is 10.6. The maximum Gasteiger partial charge on any atom is 0.368 e. The first-order valence-corrected chi connectivity index (χ1v) is 13.7. The molecule has 7 heteroatoms. The molecule has 3 saturated carbocycles. The van der Waals surface area contributed by atoms with Crippen LogP contribution in [0.2, 0.25) is 0 Å². The number of hydrogen-bond acceptors (Lipinski definition) is 5. The fourth-order valence-electron chi connectivity index (χ4n) is 7.61. The predicted molar refractivity (Wildman–Crippen MR) is 134 cm³/mol. The summed E-state index contributed by atoms with van der Waals surface area (Å²) in [5.41, 5.74) is -0.209. The van der Waals surface area contributed by atoms with E-state index in [1.165, 1.54) is 28.6 Å². The first-order valence-electron chi connectivity index (χ1n) is 13.7. The van der Waals surface area contributed by atoms with Gasteiger partial charge < -0.3 is 5.11 Å². The average molecular weight is 481 g/mol. The van der Waals surface area contributed by atoms with E-state index in [4.69, 9.17) is 0 Å². The topological polar surface area (TPSA) is 90.0 Å². The minimum Gasteiger partial charge on any atom is -0.390 e. The van der Waals surface area contributed by atoms with Crippen LogP contribution in [0, 0.1) is 35.5 Å². The van der Waals surface area contributed by atoms with Crippen LogP contribution in [0.1, 0.15) is 78.1 Å². The maximum atomic E-state index is 13.3. The number of para-hydroxylation sites is 1. The normalized spacial score (nSPS) is 35.7. The second kappa shape index (κ2) is 10.00. The Morgan fingerprint density at radius 2 is 1.80 bits per heavy atom. The number of aliphatic hydroxyl groups is 1. The molecular formula is C28H40N4O3. The third-order valence-corrected chi connectivity index (χ3v) is 9.49. The number of Topliss-reactive ketones (excluding diaryl/α,β-unsaturated/α-hetero) is 1. The van der Waals surface area contributed by atoms with Crippen molar-refractivity contribution < 1.29 is 9.90 Å². The fourth-order valence-corrected chi connectivity index (χ4v) is 7.61. The highest BCUT2D eigenvalue weighted by Crippen LogP contribution is 2.53. The smallest absolute Gasteiger partial charge is 0.368 e. The van der Waals surface area contributed by atoms with Gasteiger partial charge in [0, 0.05) is 5.92 Å². The lowest BCUT2D eigenvalue weighted by molar-refractivity contribution is -0.124. The molecule has 7 atom stereocenters. The Balaban J connectivity index is 1.25. The van der Waals surface area contributed by atoms with Crippen molar-refractivity contribution in [1.82, 2.24) is 19.8 Å². The largest absolute Gasteiger partial charge is 0.390 e. The minimum atomic E-state index is -0.490. The number of fused-ring (bicyclic) bond motifs is 3. The molecule has 7 nitrogen and oxygen atoms in total. The van der Waals surface area contributed by atoms with Crippen LogP contribution in [-0.4, -0.2) is 36.3 Å². The molecule has 0 bridgehead atoms. The molecule has 0 saturated heterocycles. The van der Waals surface area contributed by atoms with E-state index in [1.807, 2.05) is 25.1 Å². The van der Waals surface area contributed by atoms with E-state index >= 15 is 0 Å². The molecule has 1 heterocycles. The molecular weight excluding hydrogens is 440 g/mol. The molecule has 2 unspecified atom stereocenters. The summed E-state index contributed by atoms with van der Waals surface area (Å²) < 4.78 is 2.46. The van der Waals surface area contributed by atoms with Gasteiger partial charge in [0.05, 0.1) is 11.3 Å². The third-order valence-electron chi connectivity index (χ3n) is 9.49. The lowest BCUT2D eigenvalue weighted by Gasteiger charge is -2.50. The van der Waals surface area contributed by atoms with Crippen LogP contribution in [-0.2, 0) is 11.3 Å². The Morgan fingerprint density at radius 1 is 1.00 bits per heavy atom. The van der Waals surface area contributed by atoms with E-state index in [2.05, 4.69) is 17.4 Å². The molecule has 0 radical (unpaired) electrons. The third kappa shape index (κ3) is 5.16. The zero-order valence-corrected chi connectivity index (χ0v) is 21.2. The van der Waals surface area contributed by atoms with Gasteiger partial charge in [0.25, 0.3) is 0 Å². The Kier molecular flexibility index (Phi) is 6.97. The van der Waals surface area contributed by atoms with Gasteiger partial charge in [-0.3, -0.25) is 4.79 Å². The second-order valence-corrected chi connectivity index (χ2v) is 11.9. The van der Waals surface area contributed by atoms with Crippen molar-refractivity contribution in [3.8, 4) is 5.69 Å². The SMILES string of the molecule is CC1CC[C@H](C(=O)Cn2nnn(-c3ccccc3)c2=O)CCCC2[C@H]1CC[C@@H]1C[C@](C)(O)CC[C@H]21. The van der Waals surface area contributed by atoms with Gasteiger partial charge in [-0.25, -0.2) is 4.79 Å². The standard InChI is InChI=1S/C28H40N4O3/c1-19-11-12-20(26(33)18-31-27(34)32(30-29-31)22-8-4-3-5-9-22)7-6-10-25-23(19)14-13-21-17-28(2,35)16-15-24(21)25/h3-5,8-9,19-21,23-25,35H,6-7,10-18H2,1-2H3/t19?,20-,21-,23+,24+,25?,28-/m1/s1. The van der Waals surface area contributed by atoms with Gasteiger partial charge in [-0.2, -0.15) is 9.36 Å². The molecule has 5 rings (SSSR count). The highest BCUT2D eigenvalue weighted by molar-refractivity contribution is 5.80.